The topological polar surface area (TPSA) is 50.8 Å². The fraction of sp³-hybridized carbons (Fsp3) is 0.588. The van der Waals surface area contributed by atoms with Gasteiger partial charge in [-0.05, 0) is 49.4 Å². The number of hydrogen-bond acceptors (Lipinski definition) is 4. The molecule has 1 aromatic rings. The summed E-state index contributed by atoms with van der Waals surface area (Å²) in [5.41, 5.74) is 0.997. The second kappa shape index (κ2) is 7.41. The molecule has 1 N–H and O–H groups in total. The quantitative estimate of drug-likeness (QED) is 0.917. The number of benzene rings is 1. The van der Waals surface area contributed by atoms with Crippen molar-refractivity contribution in [2.45, 2.75) is 19.3 Å². The van der Waals surface area contributed by atoms with Crippen LogP contribution < -0.4 is 14.8 Å². The third kappa shape index (κ3) is 3.56. The SMILES string of the molecule is COc1ccc(OC)c(C(=O)N2CCC3(CCNC3)CC2)c1.Cl. The highest BCUT2D eigenvalue weighted by atomic mass is 35.5. The van der Waals surface area contributed by atoms with E-state index in [-0.39, 0.29) is 18.3 Å². The van der Waals surface area contributed by atoms with Gasteiger partial charge in [0, 0.05) is 19.6 Å². The zero-order chi connectivity index (χ0) is 15.6. The molecule has 2 saturated heterocycles. The second-order valence-corrected chi connectivity index (χ2v) is 6.29. The maximum Gasteiger partial charge on any atom is 0.257 e. The molecule has 3 rings (SSSR count). The van der Waals surface area contributed by atoms with Crippen molar-refractivity contribution in [3.8, 4) is 11.5 Å². The fourth-order valence-electron chi connectivity index (χ4n) is 3.56. The zero-order valence-electron chi connectivity index (χ0n) is 13.8. The van der Waals surface area contributed by atoms with Crippen LogP contribution in [0.4, 0.5) is 0 Å². The molecule has 0 radical (unpaired) electrons. The van der Waals surface area contributed by atoms with E-state index in [2.05, 4.69) is 5.32 Å². The molecule has 1 spiro atoms. The summed E-state index contributed by atoms with van der Waals surface area (Å²) in [6.07, 6.45) is 3.40. The minimum atomic E-state index is 0. The zero-order valence-corrected chi connectivity index (χ0v) is 14.6. The number of carbonyl (C=O) groups excluding carboxylic acids is 1. The molecule has 2 fully saturated rings. The Morgan fingerprint density at radius 2 is 1.91 bits per heavy atom. The summed E-state index contributed by atoms with van der Waals surface area (Å²) < 4.78 is 10.6. The minimum Gasteiger partial charge on any atom is -0.497 e. The van der Waals surface area contributed by atoms with Gasteiger partial charge >= 0.3 is 0 Å². The number of likely N-dealkylation sites (tertiary alicyclic amines) is 1. The summed E-state index contributed by atoms with van der Waals surface area (Å²) in [5.74, 6) is 1.32. The Morgan fingerprint density at radius 3 is 2.48 bits per heavy atom. The Labute approximate surface area is 143 Å². The van der Waals surface area contributed by atoms with Gasteiger partial charge < -0.3 is 19.7 Å². The molecule has 5 nitrogen and oxygen atoms in total. The number of amides is 1. The predicted molar refractivity (Wildman–Crippen MR) is 91.9 cm³/mol. The van der Waals surface area contributed by atoms with E-state index in [1.807, 2.05) is 11.0 Å². The minimum absolute atomic E-state index is 0. The molecule has 0 bridgehead atoms. The number of ether oxygens (including phenoxy) is 2. The number of hydrogen-bond donors (Lipinski definition) is 1. The van der Waals surface area contributed by atoms with E-state index in [0.717, 1.165) is 39.0 Å². The van der Waals surface area contributed by atoms with Crippen LogP contribution in [0, 0.1) is 5.41 Å². The number of methoxy groups -OCH3 is 2. The van der Waals surface area contributed by atoms with Crippen LogP contribution in [0.2, 0.25) is 0 Å². The van der Waals surface area contributed by atoms with Gasteiger partial charge in [-0.25, -0.2) is 0 Å². The molecular formula is C17H25ClN2O3. The van der Waals surface area contributed by atoms with Crippen LogP contribution >= 0.6 is 12.4 Å². The highest BCUT2D eigenvalue weighted by Gasteiger charge is 2.38. The van der Waals surface area contributed by atoms with E-state index in [1.165, 1.54) is 6.42 Å². The van der Waals surface area contributed by atoms with E-state index in [9.17, 15) is 4.79 Å². The Balaban J connectivity index is 0.00000192. The lowest BCUT2D eigenvalue weighted by Gasteiger charge is -2.39. The van der Waals surface area contributed by atoms with Crippen molar-refractivity contribution < 1.29 is 14.3 Å². The summed E-state index contributed by atoms with van der Waals surface area (Å²) in [6, 6.07) is 5.37. The average molecular weight is 341 g/mol. The Morgan fingerprint density at radius 1 is 1.17 bits per heavy atom. The van der Waals surface area contributed by atoms with Gasteiger partial charge in [-0.2, -0.15) is 0 Å². The molecular weight excluding hydrogens is 316 g/mol. The maximum atomic E-state index is 12.8. The molecule has 1 aromatic carbocycles. The molecule has 2 aliphatic rings. The molecule has 0 aromatic heterocycles. The van der Waals surface area contributed by atoms with Gasteiger partial charge in [0.05, 0.1) is 19.8 Å². The molecule has 128 valence electrons. The third-order valence-corrected chi connectivity index (χ3v) is 5.08. The molecule has 2 aliphatic heterocycles. The molecule has 2 heterocycles. The number of carbonyl (C=O) groups is 1. The first-order valence-electron chi connectivity index (χ1n) is 7.89. The molecule has 23 heavy (non-hydrogen) atoms. The van der Waals surface area contributed by atoms with Crippen LogP contribution in [0.15, 0.2) is 18.2 Å². The van der Waals surface area contributed by atoms with Gasteiger partial charge in [-0.15, -0.1) is 12.4 Å². The summed E-state index contributed by atoms with van der Waals surface area (Å²) in [5, 5.41) is 3.45. The standard InChI is InChI=1S/C17H24N2O3.ClH/c1-21-13-3-4-15(22-2)14(11-13)16(20)19-9-6-17(7-10-19)5-8-18-12-17;/h3-4,11,18H,5-10,12H2,1-2H3;1H. The van der Waals surface area contributed by atoms with Crippen molar-refractivity contribution in [1.82, 2.24) is 10.2 Å². The van der Waals surface area contributed by atoms with Crippen molar-refractivity contribution in [2.24, 2.45) is 5.41 Å². The molecule has 0 aliphatic carbocycles. The van der Waals surface area contributed by atoms with E-state index in [0.29, 0.717) is 22.5 Å². The number of piperidine rings is 1. The van der Waals surface area contributed by atoms with Gasteiger partial charge in [0.1, 0.15) is 11.5 Å². The largest absolute Gasteiger partial charge is 0.497 e. The third-order valence-electron chi connectivity index (χ3n) is 5.08. The van der Waals surface area contributed by atoms with Crippen LogP contribution in [0.25, 0.3) is 0 Å². The van der Waals surface area contributed by atoms with Gasteiger partial charge in [-0.1, -0.05) is 0 Å². The van der Waals surface area contributed by atoms with Crippen molar-refractivity contribution in [3.05, 3.63) is 23.8 Å². The van der Waals surface area contributed by atoms with Crippen LogP contribution in [-0.4, -0.2) is 51.2 Å². The Kier molecular flexibility index (Phi) is 5.76. The number of halogens is 1. The lowest BCUT2D eigenvalue weighted by atomic mass is 9.78. The van der Waals surface area contributed by atoms with E-state index >= 15 is 0 Å². The Bertz CT molecular complexity index is 549. The summed E-state index contributed by atoms with van der Waals surface area (Å²) >= 11 is 0. The highest BCUT2D eigenvalue weighted by molar-refractivity contribution is 5.97. The van der Waals surface area contributed by atoms with Crippen LogP contribution in [0.1, 0.15) is 29.6 Å². The number of rotatable bonds is 3. The number of nitrogens with one attached hydrogen (secondary N) is 1. The average Bonchev–Trinajstić information content (AvgIpc) is 3.02. The fourth-order valence-corrected chi connectivity index (χ4v) is 3.56. The van der Waals surface area contributed by atoms with Crippen LogP contribution in [0.5, 0.6) is 11.5 Å². The van der Waals surface area contributed by atoms with Gasteiger partial charge in [-0.3, -0.25) is 4.79 Å². The van der Waals surface area contributed by atoms with Crippen molar-refractivity contribution in [2.75, 3.05) is 40.4 Å². The monoisotopic (exact) mass is 340 g/mol. The van der Waals surface area contributed by atoms with Crippen molar-refractivity contribution >= 4 is 18.3 Å². The summed E-state index contributed by atoms with van der Waals surface area (Å²) in [4.78, 5) is 14.8. The first-order valence-corrected chi connectivity index (χ1v) is 7.89. The normalized spacial score (nSPS) is 19.3. The van der Waals surface area contributed by atoms with Crippen LogP contribution in [-0.2, 0) is 0 Å². The first kappa shape index (κ1) is 17.9. The van der Waals surface area contributed by atoms with E-state index in [1.54, 1.807) is 26.4 Å². The van der Waals surface area contributed by atoms with Gasteiger partial charge in [0.25, 0.3) is 5.91 Å². The van der Waals surface area contributed by atoms with E-state index < -0.39 is 0 Å². The second-order valence-electron chi connectivity index (χ2n) is 6.29. The first-order chi connectivity index (χ1) is 10.7. The summed E-state index contributed by atoms with van der Waals surface area (Å²) in [6.45, 7) is 3.84. The van der Waals surface area contributed by atoms with Crippen LogP contribution in [0.3, 0.4) is 0 Å². The molecule has 0 atom stereocenters. The number of nitrogens with zero attached hydrogens (tertiary/aromatic N) is 1. The highest BCUT2D eigenvalue weighted by Crippen LogP contribution is 2.37. The lowest BCUT2D eigenvalue weighted by molar-refractivity contribution is 0.0604. The predicted octanol–water partition coefficient (Wildman–Crippen LogP) is 2.34. The molecule has 0 saturated carbocycles. The lowest BCUT2D eigenvalue weighted by Crippen LogP contribution is -2.44. The molecule has 1 amide bonds. The molecule has 6 heteroatoms. The van der Waals surface area contributed by atoms with Gasteiger partial charge in [0.2, 0.25) is 0 Å². The van der Waals surface area contributed by atoms with Gasteiger partial charge in [0.15, 0.2) is 0 Å². The summed E-state index contributed by atoms with van der Waals surface area (Å²) in [7, 11) is 3.20. The smallest absolute Gasteiger partial charge is 0.257 e. The Hall–Kier alpha value is -1.46. The van der Waals surface area contributed by atoms with Crippen molar-refractivity contribution in [1.29, 1.82) is 0 Å². The van der Waals surface area contributed by atoms with E-state index in [4.69, 9.17) is 9.47 Å². The maximum absolute atomic E-state index is 12.8. The van der Waals surface area contributed by atoms with Crippen molar-refractivity contribution in [3.63, 3.8) is 0 Å². The molecule has 0 unspecified atom stereocenters.